The van der Waals surface area contributed by atoms with Gasteiger partial charge in [-0.15, -0.1) is 16.4 Å². The number of aromatic nitrogens is 4. The highest BCUT2D eigenvalue weighted by molar-refractivity contribution is 6.68. The summed E-state index contributed by atoms with van der Waals surface area (Å²) in [5.74, 6) is 2.01. The monoisotopic (exact) mass is 696 g/mol. The third-order valence-electron chi connectivity index (χ3n) is 10.5. The van der Waals surface area contributed by atoms with Crippen molar-refractivity contribution >= 4 is 105 Å². The second-order valence-corrected chi connectivity index (χ2v) is 13.8. The molecule has 0 aliphatic heterocycles. The lowest BCUT2D eigenvalue weighted by atomic mass is 9.59. The third kappa shape index (κ3) is 5.66. The number of furan rings is 1. The summed E-state index contributed by atoms with van der Waals surface area (Å²) in [5, 5.41) is 2.84. The van der Waals surface area contributed by atoms with Crippen molar-refractivity contribution in [2.45, 2.75) is 26.2 Å². The fourth-order valence-electron chi connectivity index (χ4n) is 7.82. The molecule has 250 valence electrons. The lowest BCUT2D eigenvalue weighted by Gasteiger charge is -2.22. The van der Waals surface area contributed by atoms with Crippen LogP contribution in [0.3, 0.4) is 0 Å². The third-order valence-corrected chi connectivity index (χ3v) is 10.5. The Kier molecular flexibility index (Phi) is 8.65. The Morgan fingerprint density at radius 1 is 0.709 bits per heavy atom. The molecule has 0 saturated carbocycles. The first-order valence-corrected chi connectivity index (χ1v) is 18.1. The van der Waals surface area contributed by atoms with Crippen molar-refractivity contribution in [3.8, 4) is 39.6 Å². The molecule has 1 atom stereocenters. The first kappa shape index (κ1) is 34.7. The van der Waals surface area contributed by atoms with Gasteiger partial charge >= 0.3 is 0 Å². The van der Waals surface area contributed by atoms with Gasteiger partial charge in [-0.25, -0.2) is 15.0 Å². The van der Waals surface area contributed by atoms with Crippen LogP contribution in [-0.4, -0.2) is 58.8 Å². The standard InChI is InChI=1S/C45H29B5N4O/c1-3-12-30-24(2)35-28(37-38(46)40(48)42(50)41(49)39(37)47)17-10-18-31(35)54(30)32-19-11-20-34-36(32)29-23-27(21-22-33(29)55-34)45-52-43(25-13-6-4-7-14-25)51-44(53-45)26-15-8-5-9-16-26/h3-15,17-23,26H,16H2,1-2H3/b12-3-. The lowest BCUT2D eigenvalue weighted by Crippen LogP contribution is -2.55. The van der Waals surface area contributed by atoms with Crippen LogP contribution in [0.1, 0.15) is 36.3 Å². The van der Waals surface area contributed by atoms with E-state index in [2.05, 4.69) is 54.0 Å². The number of hydrogen-bond donors (Lipinski definition) is 0. The van der Waals surface area contributed by atoms with Gasteiger partial charge in [0.25, 0.3) is 0 Å². The smallest absolute Gasteiger partial charge is 0.163 e. The maximum Gasteiger partial charge on any atom is 0.163 e. The molecule has 0 N–H and O–H groups in total. The molecular weight excluding hydrogens is 667 g/mol. The second-order valence-electron chi connectivity index (χ2n) is 13.8. The highest BCUT2D eigenvalue weighted by Gasteiger charge is 2.24. The van der Waals surface area contributed by atoms with Crippen LogP contribution >= 0.6 is 0 Å². The molecule has 10 radical (unpaired) electrons. The van der Waals surface area contributed by atoms with Crippen LogP contribution in [0.4, 0.5) is 0 Å². The molecule has 5 aromatic carbocycles. The van der Waals surface area contributed by atoms with Gasteiger partial charge in [-0.2, -0.15) is 0 Å². The highest BCUT2D eigenvalue weighted by Crippen LogP contribution is 2.41. The number of hydrogen-bond acceptors (Lipinski definition) is 4. The van der Waals surface area contributed by atoms with Crippen LogP contribution in [0.15, 0.2) is 120 Å². The van der Waals surface area contributed by atoms with Crippen LogP contribution in [0, 0.1) is 6.92 Å². The van der Waals surface area contributed by atoms with Crippen LogP contribution in [-0.2, 0) is 0 Å². The van der Waals surface area contributed by atoms with Gasteiger partial charge in [0, 0.05) is 33.5 Å². The molecule has 0 amide bonds. The van der Waals surface area contributed by atoms with E-state index in [1.54, 1.807) is 0 Å². The Morgan fingerprint density at radius 2 is 1.44 bits per heavy atom. The zero-order valence-electron chi connectivity index (χ0n) is 30.4. The SMILES string of the molecule is [B]c1c([B])c([B])c(-c2cccc3c2c(C)c(/C=C\C)n3-c2cccc3oc4ccc(-c5nc(-c6ccccc6)nc(C6C=CC=CC6)n5)cc4c23)c([B])c1[B]. The Morgan fingerprint density at radius 3 is 2.16 bits per heavy atom. The number of fused-ring (bicyclic) bond motifs is 4. The van der Waals surface area contributed by atoms with Gasteiger partial charge in [-0.3, -0.25) is 0 Å². The fraction of sp³-hybridized carbons (Fsp3) is 0.0889. The molecule has 55 heavy (non-hydrogen) atoms. The number of nitrogens with zero attached hydrogens (tertiary/aromatic N) is 4. The van der Waals surface area contributed by atoms with E-state index in [0.717, 1.165) is 78.7 Å². The average Bonchev–Trinajstić information content (AvgIpc) is 3.74. The minimum absolute atomic E-state index is 0.0475. The molecular formula is C45H29B5N4O. The summed E-state index contributed by atoms with van der Waals surface area (Å²) < 4.78 is 8.78. The van der Waals surface area contributed by atoms with Crippen molar-refractivity contribution in [1.29, 1.82) is 0 Å². The minimum Gasteiger partial charge on any atom is -0.456 e. The molecule has 5 nitrogen and oxygen atoms in total. The number of aryl methyl sites for hydroxylation is 1. The molecule has 3 heterocycles. The first-order chi connectivity index (χ1) is 26.7. The summed E-state index contributed by atoms with van der Waals surface area (Å²) in [6.07, 6.45) is 13.3. The van der Waals surface area contributed by atoms with Gasteiger partial charge in [0.2, 0.25) is 0 Å². The number of allylic oxidation sites excluding steroid dienone is 5. The van der Waals surface area contributed by atoms with Crippen molar-refractivity contribution < 1.29 is 4.42 Å². The Labute approximate surface area is 326 Å². The average molecular weight is 696 g/mol. The zero-order valence-corrected chi connectivity index (χ0v) is 30.4. The van der Waals surface area contributed by atoms with Crippen molar-refractivity contribution in [2.24, 2.45) is 0 Å². The van der Waals surface area contributed by atoms with Gasteiger partial charge in [0.1, 0.15) is 56.2 Å². The van der Waals surface area contributed by atoms with Crippen molar-refractivity contribution in [3.63, 3.8) is 0 Å². The molecule has 0 saturated heterocycles. The largest absolute Gasteiger partial charge is 0.456 e. The van der Waals surface area contributed by atoms with Gasteiger partial charge < -0.3 is 8.98 Å². The minimum atomic E-state index is 0.0475. The van der Waals surface area contributed by atoms with E-state index in [1.807, 2.05) is 85.8 Å². The molecule has 9 rings (SSSR count). The summed E-state index contributed by atoms with van der Waals surface area (Å²) in [7, 11) is 32.1. The predicted molar refractivity (Wildman–Crippen MR) is 232 cm³/mol. The van der Waals surface area contributed by atoms with Crippen molar-refractivity contribution in [2.75, 3.05) is 0 Å². The fourth-order valence-corrected chi connectivity index (χ4v) is 7.82. The zero-order chi connectivity index (χ0) is 38.0. The normalized spacial score (nSPS) is 14.3. The maximum absolute atomic E-state index is 6.63. The van der Waals surface area contributed by atoms with E-state index < -0.39 is 0 Å². The van der Waals surface area contributed by atoms with Crippen LogP contribution in [0.25, 0.3) is 78.5 Å². The number of benzene rings is 5. The summed E-state index contributed by atoms with van der Waals surface area (Å²) in [5.41, 5.74) is 9.74. The Balaban J connectivity index is 1.29. The highest BCUT2D eigenvalue weighted by atomic mass is 16.3. The van der Waals surface area contributed by atoms with Gasteiger partial charge in [0.15, 0.2) is 11.6 Å². The summed E-state index contributed by atoms with van der Waals surface area (Å²) >= 11 is 0. The first-order valence-electron chi connectivity index (χ1n) is 18.1. The van der Waals surface area contributed by atoms with Gasteiger partial charge in [-0.05, 0) is 79.4 Å². The molecule has 8 aromatic rings. The molecule has 10 heteroatoms. The molecule has 0 spiro atoms. The molecule has 1 aliphatic rings. The van der Waals surface area contributed by atoms with E-state index in [0.29, 0.717) is 28.1 Å². The van der Waals surface area contributed by atoms with E-state index in [-0.39, 0.29) is 22.3 Å². The van der Waals surface area contributed by atoms with Gasteiger partial charge in [0.05, 0.1) is 16.6 Å². The number of rotatable bonds is 6. The van der Waals surface area contributed by atoms with Crippen LogP contribution in [0.5, 0.6) is 0 Å². The van der Waals surface area contributed by atoms with Crippen LogP contribution in [0.2, 0.25) is 0 Å². The van der Waals surface area contributed by atoms with E-state index in [1.165, 1.54) is 0 Å². The lowest BCUT2D eigenvalue weighted by molar-refractivity contribution is 0.669. The summed E-state index contributed by atoms with van der Waals surface area (Å²) in [6, 6.07) is 28.3. The molecule has 1 aliphatic carbocycles. The second kappa shape index (κ2) is 13.7. The van der Waals surface area contributed by atoms with E-state index in [4.69, 9.17) is 58.6 Å². The summed E-state index contributed by atoms with van der Waals surface area (Å²) in [4.78, 5) is 15.0. The summed E-state index contributed by atoms with van der Waals surface area (Å²) in [6.45, 7) is 4.10. The Bertz CT molecular complexity index is 2910. The molecule has 1 unspecified atom stereocenters. The van der Waals surface area contributed by atoms with E-state index >= 15 is 0 Å². The molecule has 0 bridgehead atoms. The van der Waals surface area contributed by atoms with Crippen LogP contribution < -0.4 is 27.3 Å². The molecule has 0 fully saturated rings. The van der Waals surface area contributed by atoms with E-state index in [9.17, 15) is 0 Å². The Hall–Kier alpha value is -6.01. The van der Waals surface area contributed by atoms with Crippen molar-refractivity contribution in [3.05, 3.63) is 132 Å². The topological polar surface area (TPSA) is 56.7 Å². The quantitative estimate of drug-likeness (QED) is 0.212. The van der Waals surface area contributed by atoms with Crippen molar-refractivity contribution in [1.82, 2.24) is 19.5 Å². The molecule has 3 aromatic heterocycles. The predicted octanol–water partition coefficient (Wildman–Crippen LogP) is 5.63. The van der Waals surface area contributed by atoms with Gasteiger partial charge in [-0.1, -0.05) is 89.8 Å². The maximum atomic E-state index is 6.63.